The van der Waals surface area contributed by atoms with Crippen LogP contribution >= 0.6 is 11.6 Å². The first-order valence-electron chi connectivity index (χ1n) is 23.5. The quantitative estimate of drug-likeness (QED) is 0.0668. The number of nitrogens with one attached hydrogen (secondary N) is 1. The summed E-state index contributed by atoms with van der Waals surface area (Å²) in [6.45, 7) is 6.03. The zero-order chi connectivity index (χ0) is 48.1. The fraction of sp³-hybridized carbons (Fsp3) is 0.333. The number of anilines is 5. The zero-order valence-corrected chi connectivity index (χ0v) is 39.3. The predicted molar refractivity (Wildman–Crippen MR) is 268 cm³/mol. The van der Waals surface area contributed by atoms with Gasteiger partial charge in [-0.3, -0.25) is 9.59 Å². The van der Waals surface area contributed by atoms with Crippen molar-refractivity contribution in [2.45, 2.75) is 75.4 Å². The standard InChI is InChI=1S/C27H27N5O2.C14H10ClN3O.C13H18N2O/c28-15-1-3-25(33)21-6-4-20(5-7-21)24-12-16-29-26(31-24)30-22-8-10-23(11-9-22)32-17-2-13-27(19-32)14-18-34-27;15-14-17-9-7-12(18-14)10-3-5-11(6-4-10)13(19)2-1-8-16;14-11-2-4-12(5-3-11)15-8-1-6-13(10-15)7-9-16-13/h4-12,16H,1-3,13-14,17-19H2,(H,29,30,31);3-7,9H,1-2H2;2-5H,1,6-10,14H2/t27-;;13-/m0.0/s1. The van der Waals surface area contributed by atoms with Crippen molar-refractivity contribution in [3.05, 3.63) is 138 Å². The van der Waals surface area contributed by atoms with Crippen molar-refractivity contribution >= 4 is 51.9 Å². The summed E-state index contributed by atoms with van der Waals surface area (Å²) in [6, 6.07) is 38.4. The average molecular weight is 944 g/mol. The number of nitrogen functional groups attached to an aromatic ring is 1. The van der Waals surface area contributed by atoms with E-state index in [0.717, 1.165) is 86.9 Å². The molecule has 15 heteroatoms. The van der Waals surface area contributed by atoms with E-state index in [1.165, 1.54) is 30.6 Å². The summed E-state index contributed by atoms with van der Waals surface area (Å²) in [5, 5.41) is 20.6. The smallest absolute Gasteiger partial charge is 0.227 e. The lowest BCUT2D eigenvalue weighted by atomic mass is 9.85. The summed E-state index contributed by atoms with van der Waals surface area (Å²) in [5.41, 5.74) is 14.6. The largest absolute Gasteiger partial charge is 0.399 e. The molecule has 0 bridgehead atoms. The van der Waals surface area contributed by atoms with E-state index < -0.39 is 0 Å². The van der Waals surface area contributed by atoms with Gasteiger partial charge in [0.2, 0.25) is 11.2 Å². The lowest BCUT2D eigenvalue weighted by Gasteiger charge is -2.49. The third kappa shape index (κ3) is 12.7. The molecule has 6 aromatic rings. The molecule has 0 amide bonds. The Hall–Kier alpha value is -7.23. The van der Waals surface area contributed by atoms with Gasteiger partial charge in [0.1, 0.15) is 0 Å². The Balaban J connectivity index is 0.000000154. The van der Waals surface area contributed by atoms with E-state index in [9.17, 15) is 9.59 Å². The molecule has 4 aromatic carbocycles. The van der Waals surface area contributed by atoms with E-state index in [0.29, 0.717) is 22.8 Å². The second-order valence-corrected chi connectivity index (χ2v) is 18.0. The molecule has 4 fully saturated rings. The second-order valence-electron chi connectivity index (χ2n) is 17.7. The fourth-order valence-corrected chi connectivity index (χ4v) is 9.14. The van der Waals surface area contributed by atoms with Crippen LogP contribution in [0.4, 0.5) is 28.7 Å². The van der Waals surface area contributed by atoms with E-state index in [-0.39, 0.29) is 53.7 Å². The van der Waals surface area contributed by atoms with Gasteiger partial charge in [0, 0.05) is 122 Å². The normalized spacial score (nSPS) is 19.0. The average Bonchev–Trinajstić information content (AvgIpc) is 3.37. The van der Waals surface area contributed by atoms with Gasteiger partial charge in [-0.15, -0.1) is 0 Å². The molecule has 4 aliphatic heterocycles. The topological polar surface area (TPSA) is 196 Å². The van der Waals surface area contributed by atoms with Crippen LogP contribution in [0.5, 0.6) is 0 Å². The molecule has 2 atom stereocenters. The van der Waals surface area contributed by atoms with Crippen LogP contribution in [0.1, 0.15) is 84.9 Å². The monoisotopic (exact) mass is 942 g/mol. The Morgan fingerprint density at radius 1 is 0.638 bits per heavy atom. The maximum atomic E-state index is 12.1. The highest BCUT2D eigenvalue weighted by molar-refractivity contribution is 6.28. The Bertz CT molecular complexity index is 2770. The number of hydrogen-bond acceptors (Lipinski definition) is 14. The van der Waals surface area contributed by atoms with Gasteiger partial charge in [-0.25, -0.2) is 19.9 Å². The van der Waals surface area contributed by atoms with Crippen LogP contribution < -0.4 is 20.9 Å². The molecule has 2 spiro atoms. The van der Waals surface area contributed by atoms with Crippen molar-refractivity contribution in [1.82, 2.24) is 19.9 Å². The number of aromatic nitrogens is 4. The minimum absolute atomic E-state index is 0.0264. The summed E-state index contributed by atoms with van der Waals surface area (Å²) < 4.78 is 11.7. The van der Waals surface area contributed by atoms with Crippen molar-refractivity contribution in [2.24, 2.45) is 0 Å². The van der Waals surface area contributed by atoms with Crippen LogP contribution in [0.2, 0.25) is 5.28 Å². The van der Waals surface area contributed by atoms with E-state index in [1.807, 2.05) is 42.5 Å². The van der Waals surface area contributed by atoms with Gasteiger partial charge in [0.25, 0.3) is 0 Å². The molecule has 69 heavy (non-hydrogen) atoms. The van der Waals surface area contributed by atoms with Crippen molar-refractivity contribution in [2.75, 3.05) is 60.2 Å². The van der Waals surface area contributed by atoms with Crippen molar-refractivity contribution in [1.29, 1.82) is 10.5 Å². The van der Waals surface area contributed by atoms with Gasteiger partial charge in [-0.1, -0.05) is 48.5 Å². The third-order valence-electron chi connectivity index (χ3n) is 13.0. The number of nitrogens with zero attached hydrogens (tertiary/aromatic N) is 8. The number of ketones is 2. The van der Waals surface area contributed by atoms with Crippen LogP contribution in [0, 0.1) is 22.7 Å². The maximum absolute atomic E-state index is 12.1. The van der Waals surface area contributed by atoms with Crippen LogP contribution in [-0.2, 0) is 9.47 Å². The van der Waals surface area contributed by atoms with E-state index >= 15 is 0 Å². The lowest BCUT2D eigenvalue weighted by Crippen LogP contribution is -2.56. The molecule has 4 aliphatic rings. The van der Waals surface area contributed by atoms with E-state index in [2.05, 4.69) is 71.5 Å². The number of nitrogens with two attached hydrogens (primary N) is 1. The molecule has 0 radical (unpaired) electrons. The fourth-order valence-electron chi connectivity index (χ4n) is 8.99. The van der Waals surface area contributed by atoms with Crippen molar-refractivity contribution in [3.8, 4) is 34.7 Å². The SMILES string of the molecule is N#CCCC(=O)c1ccc(-c2ccnc(Cl)n2)cc1.N#CCCC(=O)c1ccc(-c2ccnc(Nc3ccc(N4CCC[C@]5(CCO5)C4)cc3)n2)cc1.Nc1ccc(N2CCC[C@]3(CCO3)C2)cc1. The molecular formula is C54H55ClN10O4. The molecule has 14 nitrogen and oxygen atoms in total. The summed E-state index contributed by atoms with van der Waals surface area (Å²) in [4.78, 5) is 45.5. The Morgan fingerprint density at radius 2 is 1.10 bits per heavy atom. The van der Waals surface area contributed by atoms with Gasteiger partial charge in [-0.2, -0.15) is 10.5 Å². The first-order chi connectivity index (χ1) is 33.6. The third-order valence-corrected chi connectivity index (χ3v) is 13.2. The minimum Gasteiger partial charge on any atom is -0.399 e. The van der Waals surface area contributed by atoms with Crippen LogP contribution in [0.25, 0.3) is 22.5 Å². The Morgan fingerprint density at radius 3 is 1.55 bits per heavy atom. The number of nitriles is 2. The number of hydrogen-bond donors (Lipinski definition) is 2. The summed E-state index contributed by atoms with van der Waals surface area (Å²) in [5.74, 6) is 0.453. The van der Waals surface area contributed by atoms with Gasteiger partial charge in [-0.05, 0) is 97.9 Å². The molecule has 0 saturated carbocycles. The van der Waals surface area contributed by atoms with Crippen LogP contribution in [0.3, 0.4) is 0 Å². The van der Waals surface area contributed by atoms with Gasteiger partial charge >= 0.3 is 0 Å². The predicted octanol–water partition coefficient (Wildman–Crippen LogP) is 10.4. The molecule has 6 heterocycles. The number of carbonyl (C=O) groups excluding carboxylic acids is 2. The number of piperidine rings is 2. The molecule has 4 saturated heterocycles. The van der Waals surface area contributed by atoms with Crippen molar-refractivity contribution < 1.29 is 19.1 Å². The second kappa shape index (κ2) is 22.7. The van der Waals surface area contributed by atoms with Gasteiger partial charge < -0.3 is 30.3 Å². The van der Waals surface area contributed by atoms with Crippen LogP contribution in [0.15, 0.2) is 122 Å². The van der Waals surface area contributed by atoms with Gasteiger partial charge in [0.15, 0.2) is 11.6 Å². The van der Waals surface area contributed by atoms with Crippen molar-refractivity contribution in [3.63, 3.8) is 0 Å². The van der Waals surface area contributed by atoms with Gasteiger partial charge in [0.05, 0.1) is 47.9 Å². The molecule has 0 aliphatic carbocycles. The highest BCUT2D eigenvalue weighted by Crippen LogP contribution is 2.38. The first-order valence-corrected chi connectivity index (χ1v) is 23.8. The summed E-state index contributed by atoms with van der Waals surface area (Å²) >= 11 is 5.73. The highest BCUT2D eigenvalue weighted by Gasteiger charge is 2.43. The molecule has 352 valence electrons. The number of halogens is 1. The number of Topliss-reactive ketones (excluding diaryl/α,β-unsaturated/α-hetero) is 2. The number of rotatable bonds is 12. The zero-order valence-electron chi connectivity index (χ0n) is 38.5. The summed E-state index contributed by atoms with van der Waals surface area (Å²) in [6.07, 6.45) is 11.4. The molecule has 3 N–H and O–H groups in total. The van der Waals surface area contributed by atoms with Crippen LogP contribution in [-0.4, -0.2) is 82.1 Å². The molecule has 0 unspecified atom stereocenters. The Labute approximate surface area is 408 Å². The van der Waals surface area contributed by atoms with E-state index in [4.69, 9.17) is 37.3 Å². The summed E-state index contributed by atoms with van der Waals surface area (Å²) in [7, 11) is 0. The highest BCUT2D eigenvalue weighted by atomic mass is 35.5. The number of carbonyl (C=O) groups is 2. The van der Waals surface area contributed by atoms with E-state index in [1.54, 1.807) is 54.9 Å². The molecule has 2 aromatic heterocycles. The lowest BCUT2D eigenvalue weighted by molar-refractivity contribution is -0.151. The number of benzene rings is 4. The number of ether oxygens (including phenoxy) is 2. The molecular weight excluding hydrogens is 888 g/mol. The Kier molecular flexibility index (Phi) is 15.9. The minimum atomic E-state index is -0.0335. The maximum Gasteiger partial charge on any atom is 0.227 e. The first kappa shape index (κ1) is 48.2. The molecule has 10 rings (SSSR count).